The van der Waals surface area contributed by atoms with E-state index < -0.39 is 35.5 Å². The van der Waals surface area contributed by atoms with E-state index >= 15 is 0 Å². The van der Waals surface area contributed by atoms with Gasteiger partial charge in [-0.25, -0.2) is 0 Å². The first-order valence-corrected chi connectivity index (χ1v) is 8.39. The highest BCUT2D eigenvalue weighted by Gasteiger charge is 2.25. The van der Waals surface area contributed by atoms with Crippen molar-refractivity contribution in [1.82, 2.24) is 5.32 Å². The lowest BCUT2D eigenvalue weighted by atomic mass is 10.1. The molecule has 0 saturated heterocycles. The number of nitrogens with two attached hydrogens (primary N) is 1. The Morgan fingerprint density at radius 2 is 1.85 bits per heavy atom. The van der Waals surface area contributed by atoms with E-state index in [-0.39, 0.29) is 25.0 Å². The standard InChI is InChI=1S/C19H30N2O5/c1-7-9-14(13(3)25-12-8-2)18(24)21-15(17(20)23)10-11-16(22)26-19(4,5)6/h7-9,13,15H,1-2,10-12H2,3-6H3,(H2,20,23)(H,21,24)/b14-9+/t13?,15-/m0/s1. The number of hydrogen-bond donors (Lipinski definition) is 2. The summed E-state index contributed by atoms with van der Waals surface area (Å²) in [5, 5.41) is 2.53. The number of amides is 2. The maximum atomic E-state index is 12.5. The highest BCUT2D eigenvalue weighted by atomic mass is 16.6. The maximum absolute atomic E-state index is 12.5. The van der Waals surface area contributed by atoms with Crippen LogP contribution in [0.4, 0.5) is 0 Å². The van der Waals surface area contributed by atoms with Crippen LogP contribution in [0.1, 0.15) is 40.5 Å². The molecule has 2 amide bonds. The molecule has 146 valence electrons. The molecular weight excluding hydrogens is 336 g/mol. The van der Waals surface area contributed by atoms with Crippen LogP contribution in [0, 0.1) is 0 Å². The minimum atomic E-state index is -1.00. The molecule has 0 aliphatic heterocycles. The summed E-state index contributed by atoms with van der Waals surface area (Å²) in [7, 11) is 0. The normalized spacial score (nSPS) is 14.1. The number of hydrogen-bond acceptors (Lipinski definition) is 5. The Morgan fingerprint density at radius 1 is 1.23 bits per heavy atom. The Morgan fingerprint density at radius 3 is 2.31 bits per heavy atom. The zero-order valence-electron chi connectivity index (χ0n) is 16.0. The zero-order valence-corrected chi connectivity index (χ0v) is 16.0. The smallest absolute Gasteiger partial charge is 0.306 e. The third-order valence-electron chi connectivity index (χ3n) is 3.17. The van der Waals surface area contributed by atoms with Crippen molar-refractivity contribution >= 4 is 17.8 Å². The van der Waals surface area contributed by atoms with Gasteiger partial charge in [0, 0.05) is 12.0 Å². The summed E-state index contributed by atoms with van der Waals surface area (Å²) >= 11 is 0. The van der Waals surface area contributed by atoms with E-state index in [4.69, 9.17) is 15.2 Å². The molecule has 7 nitrogen and oxygen atoms in total. The monoisotopic (exact) mass is 366 g/mol. The lowest BCUT2D eigenvalue weighted by Crippen LogP contribution is -2.46. The molecule has 1 unspecified atom stereocenters. The number of allylic oxidation sites excluding steroid dienone is 2. The minimum Gasteiger partial charge on any atom is -0.460 e. The van der Waals surface area contributed by atoms with Gasteiger partial charge in [-0.3, -0.25) is 14.4 Å². The number of primary amides is 1. The first-order chi connectivity index (χ1) is 12.0. The number of carbonyl (C=O) groups is 3. The quantitative estimate of drug-likeness (QED) is 0.251. The van der Waals surface area contributed by atoms with Gasteiger partial charge in [0.05, 0.1) is 12.7 Å². The number of rotatable bonds is 11. The number of nitrogens with one attached hydrogen (secondary N) is 1. The summed E-state index contributed by atoms with van der Waals surface area (Å²) in [6.07, 6.45) is 3.96. The Bertz CT molecular complexity index is 561. The van der Waals surface area contributed by atoms with Crippen LogP contribution in [0.25, 0.3) is 0 Å². The van der Waals surface area contributed by atoms with Crippen molar-refractivity contribution in [2.24, 2.45) is 5.73 Å². The fourth-order valence-electron chi connectivity index (χ4n) is 2.01. The predicted molar refractivity (Wildman–Crippen MR) is 100 cm³/mol. The Kier molecular flexibility index (Phi) is 10.2. The summed E-state index contributed by atoms with van der Waals surface area (Å²) in [6.45, 7) is 14.3. The van der Waals surface area contributed by atoms with Gasteiger partial charge in [-0.05, 0) is 34.1 Å². The number of carbonyl (C=O) groups excluding carboxylic acids is 3. The van der Waals surface area contributed by atoms with Gasteiger partial charge in [-0.1, -0.05) is 24.8 Å². The van der Waals surface area contributed by atoms with Gasteiger partial charge < -0.3 is 20.5 Å². The highest BCUT2D eigenvalue weighted by Crippen LogP contribution is 2.12. The van der Waals surface area contributed by atoms with Gasteiger partial charge in [0.25, 0.3) is 0 Å². The van der Waals surface area contributed by atoms with E-state index in [9.17, 15) is 14.4 Å². The molecule has 2 atom stereocenters. The first kappa shape index (κ1) is 23.6. The number of esters is 1. The van der Waals surface area contributed by atoms with E-state index in [2.05, 4.69) is 18.5 Å². The Hall–Kier alpha value is -2.41. The molecule has 0 spiro atoms. The van der Waals surface area contributed by atoms with Crippen molar-refractivity contribution in [2.45, 2.75) is 58.3 Å². The molecule has 0 aliphatic carbocycles. The summed E-state index contributed by atoms with van der Waals surface area (Å²) in [5.74, 6) is -1.73. The molecule has 0 aromatic carbocycles. The van der Waals surface area contributed by atoms with Crippen LogP contribution in [0.15, 0.2) is 37.0 Å². The van der Waals surface area contributed by atoms with Crippen LogP contribution >= 0.6 is 0 Å². The molecule has 0 aliphatic rings. The molecule has 0 saturated carbocycles. The average Bonchev–Trinajstić information content (AvgIpc) is 2.51. The van der Waals surface area contributed by atoms with Crippen molar-refractivity contribution in [3.63, 3.8) is 0 Å². The molecule has 0 aromatic heterocycles. The predicted octanol–water partition coefficient (Wildman–Crippen LogP) is 1.78. The van der Waals surface area contributed by atoms with E-state index in [0.29, 0.717) is 0 Å². The zero-order chi connectivity index (χ0) is 20.3. The topological polar surface area (TPSA) is 108 Å². The molecular formula is C19H30N2O5. The summed E-state index contributed by atoms with van der Waals surface area (Å²) in [6, 6.07) is -1.00. The number of ether oxygens (including phenoxy) is 2. The van der Waals surface area contributed by atoms with Gasteiger partial charge in [0.1, 0.15) is 11.6 Å². The second-order valence-corrected chi connectivity index (χ2v) is 6.68. The second-order valence-electron chi connectivity index (χ2n) is 6.68. The van der Waals surface area contributed by atoms with E-state index in [1.165, 1.54) is 12.2 Å². The summed E-state index contributed by atoms with van der Waals surface area (Å²) in [4.78, 5) is 35.9. The van der Waals surface area contributed by atoms with Crippen LogP contribution in [0.5, 0.6) is 0 Å². The van der Waals surface area contributed by atoms with Gasteiger partial charge in [0.2, 0.25) is 11.8 Å². The van der Waals surface area contributed by atoms with Crippen LogP contribution in [-0.4, -0.2) is 42.1 Å². The van der Waals surface area contributed by atoms with Gasteiger partial charge >= 0.3 is 5.97 Å². The molecule has 0 aromatic rings. The molecule has 3 N–H and O–H groups in total. The van der Waals surface area contributed by atoms with E-state index in [1.807, 2.05) is 0 Å². The molecule has 26 heavy (non-hydrogen) atoms. The van der Waals surface area contributed by atoms with Gasteiger partial charge in [0.15, 0.2) is 0 Å². The summed E-state index contributed by atoms with van der Waals surface area (Å²) < 4.78 is 10.6. The Labute approximate surface area is 155 Å². The van der Waals surface area contributed by atoms with E-state index in [0.717, 1.165) is 0 Å². The van der Waals surface area contributed by atoms with Crippen LogP contribution in [0.3, 0.4) is 0 Å². The third-order valence-corrected chi connectivity index (χ3v) is 3.17. The first-order valence-electron chi connectivity index (χ1n) is 8.39. The van der Waals surface area contributed by atoms with Crippen molar-refractivity contribution in [3.8, 4) is 0 Å². The fraction of sp³-hybridized carbons (Fsp3) is 0.526. The summed E-state index contributed by atoms with van der Waals surface area (Å²) in [5.41, 5.74) is 5.00. The van der Waals surface area contributed by atoms with Crippen LogP contribution in [0.2, 0.25) is 0 Å². The lowest BCUT2D eigenvalue weighted by Gasteiger charge is -2.22. The molecule has 0 bridgehead atoms. The SMILES string of the molecule is C=C/C=C(/C(=O)N[C@@H](CCC(=O)OC(C)(C)C)C(N)=O)C(C)OCC=C. The van der Waals surface area contributed by atoms with Crippen LogP contribution in [-0.2, 0) is 23.9 Å². The average molecular weight is 366 g/mol. The van der Waals surface area contributed by atoms with Crippen molar-refractivity contribution < 1.29 is 23.9 Å². The third kappa shape index (κ3) is 9.78. The molecule has 7 heteroatoms. The van der Waals surface area contributed by atoms with Gasteiger partial charge in [-0.2, -0.15) is 0 Å². The molecule has 0 rings (SSSR count). The maximum Gasteiger partial charge on any atom is 0.306 e. The van der Waals surface area contributed by atoms with Crippen molar-refractivity contribution in [3.05, 3.63) is 37.0 Å². The lowest BCUT2D eigenvalue weighted by molar-refractivity contribution is -0.155. The second kappa shape index (κ2) is 11.3. The van der Waals surface area contributed by atoms with Crippen LogP contribution < -0.4 is 11.1 Å². The Balaban J connectivity index is 4.95. The van der Waals surface area contributed by atoms with Crippen molar-refractivity contribution in [2.75, 3.05) is 6.61 Å². The highest BCUT2D eigenvalue weighted by molar-refractivity contribution is 5.97. The molecule has 0 heterocycles. The molecule has 0 radical (unpaired) electrons. The molecule has 0 fully saturated rings. The largest absolute Gasteiger partial charge is 0.460 e. The van der Waals surface area contributed by atoms with E-state index in [1.54, 1.807) is 33.8 Å². The van der Waals surface area contributed by atoms with Crippen molar-refractivity contribution in [1.29, 1.82) is 0 Å². The minimum absolute atomic E-state index is 0.0409. The van der Waals surface area contributed by atoms with Gasteiger partial charge in [-0.15, -0.1) is 6.58 Å². The fourth-order valence-corrected chi connectivity index (χ4v) is 2.01.